The third kappa shape index (κ3) is 3.20. The fraction of sp³-hybridized carbons (Fsp3) is 0.235. The number of hydrogen-bond acceptors (Lipinski definition) is 4. The van der Waals surface area contributed by atoms with Crippen molar-refractivity contribution in [3.63, 3.8) is 0 Å². The van der Waals surface area contributed by atoms with Crippen molar-refractivity contribution in [2.24, 2.45) is 0 Å². The Kier molecular flexibility index (Phi) is 4.25. The van der Waals surface area contributed by atoms with Crippen LogP contribution in [0.1, 0.15) is 5.56 Å². The summed E-state index contributed by atoms with van der Waals surface area (Å²) in [5, 5.41) is 9.05. The van der Waals surface area contributed by atoms with E-state index in [-0.39, 0.29) is 6.61 Å². The van der Waals surface area contributed by atoms with Gasteiger partial charge < -0.3 is 14.6 Å². The van der Waals surface area contributed by atoms with Crippen LogP contribution in [-0.2, 0) is 11.3 Å². The van der Waals surface area contributed by atoms with E-state index in [4.69, 9.17) is 14.6 Å². The minimum absolute atomic E-state index is 0.166. The first kappa shape index (κ1) is 14.4. The van der Waals surface area contributed by atoms with Gasteiger partial charge in [0.15, 0.2) is 0 Å². The molecule has 1 atom stereocenters. The maximum atomic E-state index is 11.7. The van der Waals surface area contributed by atoms with Gasteiger partial charge in [-0.3, -0.25) is 4.90 Å². The lowest BCUT2D eigenvalue weighted by Crippen LogP contribution is -2.25. The van der Waals surface area contributed by atoms with E-state index in [0.717, 1.165) is 17.0 Å². The number of amides is 1. The molecular weight excluding hydrogens is 282 g/mol. The highest BCUT2D eigenvalue weighted by Crippen LogP contribution is 2.24. The normalized spacial score (nSPS) is 17.4. The summed E-state index contributed by atoms with van der Waals surface area (Å²) in [6.07, 6.45) is -0.890. The van der Waals surface area contributed by atoms with Gasteiger partial charge >= 0.3 is 6.09 Å². The number of carbonyl (C=O) groups excluding carboxylic acids is 1. The molecule has 1 saturated heterocycles. The number of benzene rings is 2. The molecule has 114 valence electrons. The highest BCUT2D eigenvalue weighted by atomic mass is 16.6. The maximum absolute atomic E-state index is 11.7. The number of ether oxygens (including phenoxy) is 2. The first-order chi connectivity index (χ1) is 10.8. The molecule has 1 heterocycles. The molecule has 3 rings (SSSR count). The summed E-state index contributed by atoms with van der Waals surface area (Å²) in [5.74, 6) is 0.735. The summed E-state index contributed by atoms with van der Waals surface area (Å²) < 4.78 is 10.7. The molecule has 1 amide bonds. The Morgan fingerprint density at radius 1 is 1.14 bits per heavy atom. The van der Waals surface area contributed by atoms with Crippen LogP contribution in [0.25, 0.3) is 0 Å². The largest absolute Gasteiger partial charge is 0.489 e. The monoisotopic (exact) mass is 299 g/mol. The summed E-state index contributed by atoms with van der Waals surface area (Å²) in [7, 11) is 0. The third-order valence-corrected chi connectivity index (χ3v) is 3.47. The number of anilines is 1. The second-order valence-corrected chi connectivity index (χ2v) is 5.07. The molecule has 1 aliphatic heterocycles. The van der Waals surface area contributed by atoms with Gasteiger partial charge in [-0.1, -0.05) is 30.3 Å². The minimum atomic E-state index is -0.457. The number of cyclic esters (lactones) is 1. The number of aliphatic hydroxyl groups excluding tert-OH is 1. The molecule has 1 unspecified atom stereocenters. The Hall–Kier alpha value is -2.53. The topological polar surface area (TPSA) is 59.0 Å². The Balaban J connectivity index is 1.62. The van der Waals surface area contributed by atoms with E-state index < -0.39 is 12.2 Å². The fourth-order valence-electron chi connectivity index (χ4n) is 2.29. The third-order valence-electron chi connectivity index (χ3n) is 3.47. The van der Waals surface area contributed by atoms with Crippen molar-refractivity contribution in [3.05, 3.63) is 60.2 Å². The zero-order valence-corrected chi connectivity index (χ0v) is 12.0. The number of nitrogens with zero attached hydrogens (tertiary/aromatic N) is 1. The zero-order chi connectivity index (χ0) is 15.4. The van der Waals surface area contributed by atoms with E-state index in [0.29, 0.717) is 13.2 Å². The molecule has 0 aromatic heterocycles. The Bertz CT molecular complexity index is 627. The van der Waals surface area contributed by atoms with Gasteiger partial charge in [0.25, 0.3) is 0 Å². The summed E-state index contributed by atoms with van der Waals surface area (Å²) in [6, 6.07) is 17.2. The molecule has 0 radical (unpaired) electrons. The predicted octanol–water partition coefficient (Wildman–Crippen LogP) is 2.58. The molecule has 2 aromatic rings. The van der Waals surface area contributed by atoms with Crippen molar-refractivity contribution in [2.45, 2.75) is 12.7 Å². The molecule has 5 heteroatoms. The van der Waals surface area contributed by atoms with Crippen molar-refractivity contribution >= 4 is 11.8 Å². The van der Waals surface area contributed by atoms with Crippen molar-refractivity contribution in [3.8, 4) is 5.75 Å². The lowest BCUT2D eigenvalue weighted by molar-refractivity contribution is 0.0963. The van der Waals surface area contributed by atoms with Crippen LogP contribution in [-0.4, -0.2) is 30.5 Å². The van der Waals surface area contributed by atoms with E-state index in [1.807, 2.05) is 42.5 Å². The second kappa shape index (κ2) is 6.49. The number of carbonyl (C=O) groups is 1. The highest BCUT2D eigenvalue weighted by molar-refractivity contribution is 5.89. The smallest absolute Gasteiger partial charge is 0.414 e. The van der Waals surface area contributed by atoms with Crippen LogP contribution in [0.2, 0.25) is 0 Å². The molecule has 0 bridgehead atoms. The van der Waals surface area contributed by atoms with Gasteiger partial charge in [-0.05, 0) is 29.8 Å². The van der Waals surface area contributed by atoms with Crippen LogP contribution >= 0.6 is 0 Å². The molecule has 1 aliphatic rings. The van der Waals surface area contributed by atoms with Gasteiger partial charge in [-0.2, -0.15) is 0 Å². The van der Waals surface area contributed by atoms with Gasteiger partial charge in [0, 0.05) is 5.69 Å². The van der Waals surface area contributed by atoms with Crippen molar-refractivity contribution in [1.29, 1.82) is 0 Å². The highest BCUT2D eigenvalue weighted by Gasteiger charge is 2.31. The molecule has 0 spiro atoms. The molecular formula is C17H17NO4. The average Bonchev–Trinajstić information content (AvgIpc) is 2.95. The Morgan fingerprint density at radius 3 is 2.50 bits per heavy atom. The van der Waals surface area contributed by atoms with Crippen molar-refractivity contribution in [2.75, 3.05) is 18.1 Å². The first-order valence-electron chi connectivity index (χ1n) is 7.12. The number of hydrogen-bond donors (Lipinski definition) is 1. The molecule has 1 N–H and O–H groups in total. The summed E-state index contributed by atoms with van der Waals surface area (Å²) >= 11 is 0. The second-order valence-electron chi connectivity index (χ2n) is 5.07. The molecule has 5 nitrogen and oxygen atoms in total. The summed E-state index contributed by atoms with van der Waals surface area (Å²) in [6.45, 7) is 0.693. The van der Waals surface area contributed by atoms with Gasteiger partial charge in [0.2, 0.25) is 0 Å². The fourth-order valence-corrected chi connectivity index (χ4v) is 2.29. The van der Waals surface area contributed by atoms with Crippen LogP contribution in [0.4, 0.5) is 10.5 Å². The van der Waals surface area contributed by atoms with E-state index >= 15 is 0 Å². The van der Waals surface area contributed by atoms with Gasteiger partial charge in [0.05, 0.1) is 13.2 Å². The van der Waals surface area contributed by atoms with Crippen molar-refractivity contribution < 1.29 is 19.4 Å². The molecule has 2 aromatic carbocycles. The van der Waals surface area contributed by atoms with E-state index in [2.05, 4.69) is 0 Å². The summed E-state index contributed by atoms with van der Waals surface area (Å²) in [4.78, 5) is 13.2. The van der Waals surface area contributed by atoms with Gasteiger partial charge in [-0.15, -0.1) is 0 Å². The first-order valence-corrected chi connectivity index (χ1v) is 7.12. The zero-order valence-electron chi connectivity index (χ0n) is 12.0. The van der Waals surface area contributed by atoms with E-state index in [1.54, 1.807) is 12.1 Å². The van der Waals surface area contributed by atoms with Gasteiger partial charge in [0.1, 0.15) is 18.5 Å². The summed E-state index contributed by atoms with van der Waals surface area (Å²) in [5.41, 5.74) is 1.83. The van der Waals surface area contributed by atoms with Crippen LogP contribution in [0.5, 0.6) is 5.75 Å². The van der Waals surface area contributed by atoms with Crippen LogP contribution in [0, 0.1) is 0 Å². The van der Waals surface area contributed by atoms with Crippen LogP contribution < -0.4 is 9.64 Å². The molecule has 0 aliphatic carbocycles. The van der Waals surface area contributed by atoms with Crippen LogP contribution in [0.3, 0.4) is 0 Å². The average molecular weight is 299 g/mol. The van der Waals surface area contributed by atoms with Crippen LogP contribution in [0.15, 0.2) is 54.6 Å². The standard InChI is InChI=1S/C17H17NO4/c19-11-16-10-18(17(20)22-16)14-6-8-15(9-7-14)21-12-13-4-2-1-3-5-13/h1-9,16,19H,10-12H2. The van der Waals surface area contributed by atoms with E-state index in [1.165, 1.54) is 4.90 Å². The Labute approximate surface area is 128 Å². The Morgan fingerprint density at radius 2 is 1.86 bits per heavy atom. The van der Waals surface area contributed by atoms with Gasteiger partial charge in [-0.25, -0.2) is 4.79 Å². The predicted molar refractivity (Wildman–Crippen MR) is 81.9 cm³/mol. The molecule has 1 fully saturated rings. The quantitative estimate of drug-likeness (QED) is 0.922. The van der Waals surface area contributed by atoms with E-state index in [9.17, 15) is 4.79 Å². The minimum Gasteiger partial charge on any atom is -0.489 e. The van der Waals surface area contributed by atoms with Crippen molar-refractivity contribution in [1.82, 2.24) is 0 Å². The number of rotatable bonds is 5. The lowest BCUT2D eigenvalue weighted by atomic mass is 10.2. The lowest BCUT2D eigenvalue weighted by Gasteiger charge is -2.13. The number of aliphatic hydroxyl groups is 1. The molecule has 22 heavy (non-hydrogen) atoms. The SMILES string of the molecule is O=C1OC(CO)CN1c1ccc(OCc2ccccc2)cc1. The maximum Gasteiger partial charge on any atom is 0.414 e. The molecule has 0 saturated carbocycles.